The molecular formula is C26H50O4. The minimum absolute atomic E-state index is 0.0165. The molecule has 0 aliphatic rings. The Morgan fingerprint density at radius 1 is 0.600 bits per heavy atom. The summed E-state index contributed by atoms with van der Waals surface area (Å²) in [6.45, 7) is 4.43. The van der Waals surface area contributed by atoms with Gasteiger partial charge in [-0.05, 0) is 38.5 Å². The summed E-state index contributed by atoms with van der Waals surface area (Å²) in [6, 6.07) is 0. The number of esters is 1. The van der Waals surface area contributed by atoms with Crippen molar-refractivity contribution < 1.29 is 19.4 Å². The Labute approximate surface area is 186 Å². The van der Waals surface area contributed by atoms with Crippen LogP contribution in [0.4, 0.5) is 0 Å². The van der Waals surface area contributed by atoms with Gasteiger partial charge in [-0.25, -0.2) is 0 Å². The molecule has 0 radical (unpaired) electrons. The maximum Gasteiger partial charge on any atom is 0.306 e. The Hall–Kier alpha value is -1.06. The number of carboxylic acid groups (broad SMARTS) is 1. The molecule has 0 heterocycles. The van der Waals surface area contributed by atoms with Crippen LogP contribution in [0, 0.1) is 0 Å². The molecule has 0 amide bonds. The molecule has 1 unspecified atom stereocenters. The lowest BCUT2D eigenvalue weighted by Gasteiger charge is -2.18. The number of carbonyl (C=O) groups excluding carboxylic acids is 1. The predicted octanol–water partition coefficient (Wildman–Crippen LogP) is 8.21. The SMILES string of the molecule is CCCCCCCCCCC(CCCCCCCC(=O)O)OC(=O)CCCCCC. The molecule has 178 valence electrons. The van der Waals surface area contributed by atoms with Gasteiger partial charge in [0.1, 0.15) is 6.10 Å². The molecule has 4 heteroatoms. The second-order valence-corrected chi connectivity index (χ2v) is 8.89. The van der Waals surface area contributed by atoms with E-state index in [1.165, 1.54) is 57.8 Å². The van der Waals surface area contributed by atoms with Crippen LogP contribution in [0.15, 0.2) is 0 Å². The van der Waals surface area contributed by atoms with Gasteiger partial charge in [0.05, 0.1) is 0 Å². The number of carboxylic acids is 1. The minimum Gasteiger partial charge on any atom is -0.481 e. The first-order valence-electron chi connectivity index (χ1n) is 13.0. The molecule has 0 saturated carbocycles. The molecule has 30 heavy (non-hydrogen) atoms. The summed E-state index contributed by atoms with van der Waals surface area (Å²) in [5, 5.41) is 8.69. The summed E-state index contributed by atoms with van der Waals surface area (Å²) in [5.41, 5.74) is 0. The fourth-order valence-electron chi connectivity index (χ4n) is 3.89. The van der Waals surface area contributed by atoms with Gasteiger partial charge in [0.2, 0.25) is 0 Å². The zero-order valence-corrected chi connectivity index (χ0v) is 20.1. The minimum atomic E-state index is -0.703. The first kappa shape index (κ1) is 28.9. The van der Waals surface area contributed by atoms with E-state index in [1.807, 2.05) is 0 Å². The molecule has 0 aromatic rings. The zero-order valence-electron chi connectivity index (χ0n) is 20.1. The van der Waals surface area contributed by atoms with Crippen LogP contribution in [-0.4, -0.2) is 23.1 Å². The van der Waals surface area contributed by atoms with Gasteiger partial charge in [-0.1, -0.05) is 97.3 Å². The first-order chi connectivity index (χ1) is 14.6. The second kappa shape index (κ2) is 22.6. The Bertz CT molecular complexity index is 394. The van der Waals surface area contributed by atoms with Crippen molar-refractivity contribution in [2.45, 2.75) is 155 Å². The number of carbonyl (C=O) groups is 2. The van der Waals surface area contributed by atoms with Crippen LogP contribution in [0.3, 0.4) is 0 Å². The standard InChI is InChI=1S/C26H50O4/c1-3-5-7-9-10-11-13-16-20-24(30-26(29)23-19-8-6-4-2)21-17-14-12-15-18-22-25(27)28/h24H,3-23H2,1-2H3,(H,27,28). The van der Waals surface area contributed by atoms with E-state index in [4.69, 9.17) is 9.84 Å². The summed E-state index contributed by atoms with van der Waals surface area (Å²) in [5.74, 6) is -0.719. The Kier molecular flexibility index (Phi) is 21.8. The zero-order chi connectivity index (χ0) is 22.3. The normalized spacial score (nSPS) is 12.1. The number of ether oxygens (including phenoxy) is 1. The third-order valence-corrected chi connectivity index (χ3v) is 5.83. The molecule has 0 rings (SSSR count). The summed E-state index contributed by atoms with van der Waals surface area (Å²) in [6.07, 6.45) is 22.7. The highest BCUT2D eigenvalue weighted by molar-refractivity contribution is 5.69. The van der Waals surface area contributed by atoms with E-state index in [0.717, 1.165) is 64.2 Å². The van der Waals surface area contributed by atoms with Crippen molar-refractivity contribution in [1.82, 2.24) is 0 Å². The van der Waals surface area contributed by atoms with E-state index in [2.05, 4.69) is 13.8 Å². The van der Waals surface area contributed by atoms with Gasteiger partial charge in [0.25, 0.3) is 0 Å². The largest absolute Gasteiger partial charge is 0.481 e. The highest BCUT2D eigenvalue weighted by Gasteiger charge is 2.14. The number of rotatable bonds is 23. The molecule has 1 atom stereocenters. The molecule has 0 bridgehead atoms. The average Bonchev–Trinajstić information content (AvgIpc) is 2.72. The number of aliphatic carboxylic acids is 1. The molecule has 0 aliphatic carbocycles. The topological polar surface area (TPSA) is 63.6 Å². The third-order valence-electron chi connectivity index (χ3n) is 5.83. The molecular weight excluding hydrogens is 376 g/mol. The van der Waals surface area contributed by atoms with Gasteiger partial charge in [0, 0.05) is 12.8 Å². The van der Waals surface area contributed by atoms with Crippen LogP contribution >= 0.6 is 0 Å². The Balaban J connectivity index is 4.02. The Morgan fingerprint density at radius 2 is 1.00 bits per heavy atom. The quantitative estimate of drug-likeness (QED) is 0.132. The lowest BCUT2D eigenvalue weighted by Crippen LogP contribution is -2.18. The highest BCUT2D eigenvalue weighted by Crippen LogP contribution is 2.18. The van der Waals surface area contributed by atoms with Crippen molar-refractivity contribution in [2.24, 2.45) is 0 Å². The lowest BCUT2D eigenvalue weighted by atomic mass is 10.0. The molecule has 0 aromatic heterocycles. The monoisotopic (exact) mass is 426 g/mol. The van der Waals surface area contributed by atoms with Crippen molar-refractivity contribution in [2.75, 3.05) is 0 Å². The Morgan fingerprint density at radius 3 is 1.50 bits per heavy atom. The predicted molar refractivity (Wildman–Crippen MR) is 126 cm³/mol. The van der Waals surface area contributed by atoms with Crippen LogP contribution < -0.4 is 0 Å². The van der Waals surface area contributed by atoms with Gasteiger partial charge in [0.15, 0.2) is 0 Å². The average molecular weight is 427 g/mol. The van der Waals surface area contributed by atoms with Gasteiger partial charge in [-0.3, -0.25) is 9.59 Å². The van der Waals surface area contributed by atoms with Gasteiger partial charge in [-0.2, -0.15) is 0 Å². The molecule has 0 fully saturated rings. The molecule has 4 nitrogen and oxygen atoms in total. The summed E-state index contributed by atoms with van der Waals surface area (Å²) in [4.78, 5) is 22.8. The first-order valence-corrected chi connectivity index (χ1v) is 13.0. The molecule has 0 saturated heterocycles. The fourth-order valence-corrected chi connectivity index (χ4v) is 3.89. The summed E-state index contributed by atoms with van der Waals surface area (Å²) >= 11 is 0. The van der Waals surface area contributed by atoms with E-state index in [0.29, 0.717) is 6.42 Å². The highest BCUT2D eigenvalue weighted by atomic mass is 16.5. The van der Waals surface area contributed by atoms with Crippen LogP contribution in [0.5, 0.6) is 0 Å². The van der Waals surface area contributed by atoms with Crippen LogP contribution in [0.2, 0.25) is 0 Å². The van der Waals surface area contributed by atoms with Crippen molar-refractivity contribution in [3.05, 3.63) is 0 Å². The van der Waals surface area contributed by atoms with Crippen LogP contribution in [-0.2, 0) is 14.3 Å². The molecule has 0 aliphatic heterocycles. The van der Waals surface area contributed by atoms with E-state index < -0.39 is 5.97 Å². The molecule has 0 aromatic carbocycles. The maximum absolute atomic E-state index is 12.2. The van der Waals surface area contributed by atoms with E-state index in [-0.39, 0.29) is 18.5 Å². The smallest absolute Gasteiger partial charge is 0.306 e. The lowest BCUT2D eigenvalue weighted by molar-refractivity contribution is -0.150. The van der Waals surface area contributed by atoms with Gasteiger partial charge >= 0.3 is 11.9 Å². The van der Waals surface area contributed by atoms with E-state index >= 15 is 0 Å². The van der Waals surface area contributed by atoms with Crippen molar-refractivity contribution in [3.63, 3.8) is 0 Å². The maximum atomic E-state index is 12.2. The number of hydrogen-bond acceptors (Lipinski definition) is 3. The third kappa shape index (κ3) is 21.6. The molecule has 0 spiro atoms. The molecule has 1 N–H and O–H groups in total. The number of hydrogen-bond donors (Lipinski definition) is 1. The van der Waals surface area contributed by atoms with Crippen LogP contribution in [0.1, 0.15) is 149 Å². The second-order valence-electron chi connectivity index (χ2n) is 8.89. The van der Waals surface area contributed by atoms with Gasteiger partial charge < -0.3 is 9.84 Å². The fraction of sp³-hybridized carbons (Fsp3) is 0.923. The van der Waals surface area contributed by atoms with Crippen molar-refractivity contribution in [1.29, 1.82) is 0 Å². The summed E-state index contributed by atoms with van der Waals surface area (Å²) in [7, 11) is 0. The van der Waals surface area contributed by atoms with Crippen molar-refractivity contribution in [3.8, 4) is 0 Å². The van der Waals surface area contributed by atoms with Crippen molar-refractivity contribution >= 4 is 11.9 Å². The summed E-state index contributed by atoms with van der Waals surface area (Å²) < 4.78 is 5.83. The van der Waals surface area contributed by atoms with E-state index in [1.54, 1.807) is 0 Å². The van der Waals surface area contributed by atoms with Crippen LogP contribution in [0.25, 0.3) is 0 Å². The van der Waals surface area contributed by atoms with E-state index in [9.17, 15) is 9.59 Å². The number of unbranched alkanes of at least 4 members (excludes halogenated alkanes) is 14. The van der Waals surface area contributed by atoms with Gasteiger partial charge in [-0.15, -0.1) is 0 Å².